The first-order chi connectivity index (χ1) is 36.7. The van der Waals surface area contributed by atoms with Gasteiger partial charge in [-0.3, -0.25) is 0 Å². The molecule has 0 atom stereocenters. The minimum Gasteiger partial charge on any atom is -0.872 e. The van der Waals surface area contributed by atoms with E-state index in [9.17, 15) is 10.2 Å². The fourth-order valence-corrected chi connectivity index (χ4v) is 14.6. The fourth-order valence-electron chi connectivity index (χ4n) is 9.49. The van der Waals surface area contributed by atoms with Crippen LogP contribution in [0, 0.1) is 0 Å². The van der Waals surface area contributed by atoms with Gasteiger partial charge < -0.3 is 15.7 Å². The third kappa shape index (κ3) is 16.6. The number of pyridine rings is 1. The summed E-state index contributed by atoms with van der Waals surface area (Å²) in [6, 6.07) is 77.2. The Morgan fingerprint density at radius 2 is 0.487 bits per heavy atom. The first-order valence-corrected chi connectivity index (χ1v) is 30.5. The van der Waals surface area contributed by atoms with E-state index < -0.39 is 15.8 Å². The number of aromatic nitrogens is 1. The van der Waals surface area contributed by atoms with Crippen LogP contribution in [0.2, 0.25) is 0 Å². The topological polar surface area (TPSA) is 89.0 Å². The smallest absolute Gasteiger partial charge is 0.872 e. The van der Waals surface area contributed by atoms with Gasteiger partial charge >= 0.3 is 20.1 Å². The third-order valence-electron chi connectivity index (χ3n) is 14.1. The Balaban J connectivity index is 0.000000243. The molecule has 0 saturated carbocycles. The van der Waals surface area contributed by atoms with Crippen LogP contribution < -0.4 is 42.0 Å². The molecule has 1 N–H and O–H groups in total. The summed E-state index contributed by atoms with van der Waals surface area (Å²) in [6.45, 7) is 32.0. The van der Waals surface area contributed by atoms with Crippen LogP contribution in [0.3, 0.4) is 0 Å². The van der Waals surface area contributed by atoms with Crippen LogP contribution in [0.5, 0.6) is 11.5 Å². The van der Waals surface area contributed by atoms with Gasteiger partial charge in [-0.1, -0.05) is 237 Å². The summed E-state index contributed by atoms with van der Waals surface area (Å²) in [5.41, 5.74) is 6.15. The van der Waals surface area contributed by atoms with E-state index >= 15 is 0 Å². The Hall–Kier alpha value is -6.02. The van der Waals surface area contributed by atoms with Crippen molar-refractivity contribution in [1.82, 2.24) is 4.98 Å². The number of hydrogen-bond acceptors (Lipinski definition) is 4. The Kier molecular flexibility index (Phi) is 22.0. The Bertz CT molecular complexity index is 2950. The predicted molar refractivity (Wildman–Crippen MR) is 343 cm³/mol. The van der Waals surface area contributed by atoms with Crippen molar-refractivity contribution in [3.63, 3.8) is 0 Å². The molecular weight excluding hydrogens is 1190 g/mol. The molecule has 1 aromatic heterocycles. The molecule has 1 heterocycles. The predicted octanol–water partition coefficient (Wildman–Crippen LogP) is 15.2. The monoisotopic (exact) mass is 1280 g/mol. The van der Waals surface area contributed by atoms with Gasteiger partial charge in [0.15, 0.2) is 0 Å². The number of rotatable bonds is 8. The zero-order chi connectivity index (χ0) is 56.6. The van der Waals surface area contributed by atoms with E-state index in [0.29, 0.717) is 22.5 Å². The molecule has 0 unspecified atom stereocenters. The van der Waals surface area contributed by atoms with Gasteiger partial charge in [-0.15, -0.1) is 0 Å². The summed E-state index contributed by atoms with van der Waals surface area (Å²) < 4.78 is 0. The van der Waals surface area contributed by atoms with E-state index in [0.717, 1.165) is 27.8 Å². The van der Waals surface area contributed by atoms with Crippen LogP contribution in [0.1, 0.15) is 132 Å². The van der Waals surface area contributed by atoms with Crippen molar-refractivity contribution >= 4 is 47.7 Å². The molecule has 8 aromatic carbocycles. The van der Waals surface area contributed by atoms with Crippen LogP contribution in [0.25, 0.3) is 22.5 Å². The zero-order valence-corrected chi connectivity index (χ0v) is 54.2. The second-order valence-corrected chi connectivity index (χ2v) is 30.6. The van der Waals surface area contributed by atoms with Crippen molar-refractivity contribution in [2.24, 2.45) is 0 Å². The summed E-state index contributed by atoms with van der Waals surface area (Å²) in [5, 5.41) is 36.7. The summed E-state index contributed by atoms with van der Waals surface area (Å²) in [7, 11) is -1.75. The molecule has 0 aliphatic heterocycles. The van der Waals surface area contributed by atoms with E-state index in [-0.39, 0.29) is 64.2 Å². The van der Waals surface area contributed by atoms with E-state index in [4.69, 9.17) is 4.98 Å². The van der Waals surface area contributed by atoms with Crippen LogP contribution in [0.15, 0.2) is 218 Å². The summed E-state index contributed by atoms with van der Waals surface area (Å²) in [6.07, 6.45) is 0. The largest absolute Gasteiger partial charge is 3.00 e. The molecular formula is C73H84IrNO3P2+2. The minimum atomic E-state index is -0.877. The molecule has 9 aromatic rings. The fraction of sp³-hybridized carbons (Fsp3) is 0.274. The minimum absolute atomic E-state index is 0. The second-order valence-electron chi connectivity index (χ2n) is 25.6. The van der Waals surface area contributed by atoms with Gasteiger partial charge in [-0.25, -0.2) is 4.98 Å². The molecule has 0 spiro atoms. The number of hydrogen-bond donors (Lipinski definition) is 0. The maximum absolute atomic E-state index is 14.0. The molecule has 416 valence electrons. The third-order valence-corrected chi connectivity index (χ3v) is 19.6. The van der Waals surface area contributed by atoms with Gasteiger partial charge in [0.05, 0.1) is 27.2 Å². The van der Waals surface area contributed by atoms with E-state index in [1.54, 1.807) is 0 Å². The van der Waals surface area contributed by atoms with Crippen molar-refractivity contribution in [1.29, 1.82) is 0 Å². The summed E-state index contributed by atoms with van der Waals surface area (Å²) >= 11 is 0. The first kappa shape index (κ1) is 64.8. The molecule has 0 fully saturated rings. The second kappa shape index (κ2) is 27.2. The number of nitrogens with zero attached hydrogens (tertiary/aromatic N) is 1. The van der Waals surface area contributed by atoms with Crippen molar-refractivity contribution in [3.05, 3.63) is 246 Å². The van der Waals surface area contributed by atoms with Crippen LogP contribution in [-0.4, -0.2) is 10.5 Å². The molecule has 9 rings (SSSR count). The summed E-state index contributed by atoms with van der Waals surface area (Å²) in [4.78, 5) is 5.10. The zero-order valence-electron chi connectivity index (χ0n) is 49.8. The first-order valence-electron chi connectivity index (χ1n) is 27.5. The molecule has 0 amide bonds. The number of benzene rings is 8. The molecule has 0 aliphatic rings. The Morgan fingerprint density at radius 1 is 0.287 bits per heavy atom. The average Bonchev–Trinajstić information content (AvgIpc) is 3.39. The maximum Gasteiger partial charge on any atom is 3.00 e. The van der Waals surface area contributed by atoms with Crippen molar-refractivity contribution in [2.75, 3.05) is 0 Å². The molecule has 0 radical (unpaired) electrons. The Morgan fingerprint density at radius 3 is 0.675 bits per heavy atom. The van der Waals surface area contributed by atoms with Gasteiger partial charge in [0.1, 0.15) is 31.8 Å². The molecule has 0 bridgehead atoms. The SMILES string of the molecule is CC(C)(C)c1cc(-c2cc(C(C)(C)C)cc(C(C)(C)C)c2[O-])nc(-c2cc(C(C)(C)C)cc(C(C)(C)C)c2[O-])c1.[Ir+3].[OH-].c1ccc([PH+](c2ccccc2)c2ccccc2)cc1.c1ccc([PH+](c2ccccc2)c2ccccc2)cc1. The normalized spacial score (nSPS) is 11.8. The van der Waals surface area contributed by atoms with Gasteiger partial charge in [-0.05, 0) is 163 Å². The van der Waals surface area contributed by atoms with Gasteiger partial charge in [-0.2, -0.15) is 0 Å². The van der Waals surface area contributed by atoms with E-state index in [2.05, 4.69) is 298 Å². The van der Waals surface area contributed by atoms with Crippen molar-refractivity contribution < 1.29 is 35.8 Å². The summed E-state index contributed by atoms with van der Waals surface area (Å²) in [5.74, 6) is 0.0114. The van der Waals surface area contributed by atoms with Crippen LogP contribution >= 0.6 is 15.8 Å². The standard InChI is InChI=1S/C37H53NO2.2C18H15P.Ir.H2O/c1-33(2,3)22-16-25(31(39)27(18-22)36(10,11)12)29-20-24(35(7,8)9)21-30(38-29)26-17-23(34(4,5)6)19-28(32(26)40)37(13,14)15;2*1-4-10-16(11-5-1)19(17-12-6-2-7-13-17)18-14-8-3-9-15-18;;/h16-21,39-40H,1-15H3;2*1-15H;;1H2/q;;;+3;/p-1. The van der Waals surface area contributed by atoms with Crippen molar-refractivity contribution in [2.45, 2.75) is 131 Å². The van der Waals surface area contributed by atoms with Gasteiger partial charge in [0.25, 0.3) is 0 Å². The molecule has 80 heavy (non-hydrogen) atoms. The maximum atomic E-state index is 14.0. The van der Waals surface area contributed by atoms with Crippen LogP contribution in [-0.2, 0) is 47.2 Å². The molecule has 0 saturated heterocycles. The molecule has 4 nitrogen and oxygen atoms in total. The molecule has 7 heteroatoms. The Labute approximate surface area is 496 Å². The van der Waals surface area contributed by atoms with Gasteiger partial charge in [0, 0.05) is 0 Å². The molecule has 0 aliphatic carbocycles. The average molecular weight is 1280 g/mol. The van der Waals surface area contributed by atoms with Gasteiger partial charge in [0.2, 0.25) is 0 Å². The van der Waals surface area contributed by atoms with Crippen LogP contribution in [0.4, 0.5) is 0 Å². The van der Waals surface area contributed by atoms with E-state index in [1.165, 1.54) is 31.8 Å². The van der Waals surface area contributed by atoms with E-state index in [1.807, 2.05) is 24.3 Å². The quantitative estimate of drug-likeness (QED) is 0.142. The van der Waals surface area contributed by atoms with Crippen molar-refractivity contribution in [3.8, 4) is 34.0 Å².